The van der Waals surface area contributed by atoms with Gasteiger partial charge in [-0.05, 0) is 71.7 Å². The standard InChI is InChI=1S/C32H31F2NO/c1-2-3-4-5-6-19-36-28-16-18-29(31(33)21-28)26-15-17-30-27(20-26)14-13-25(32(30)34)12-11-23-7-9-24(22-35)10-8-23/h7-10,13-18,20-21H,2-6,11-12,19H2,1H3. The van der Waals surface area contributed by atoms with Crippen molar-refractivity contribution in [3.8, 4) is 22.9 Å². The van der Waals surface area contributed by atoms with Gasteiger partial charge in [0.1, 0.15) is 17.4 Å². The molecule has 4 aromatic carbocycles. The minimum absolute atomic E-state index is 0.240. The Hall–Kier alpha value is -3.71. The van der Waals surface area contributed by atoms with Gasteiger partial charge < -0.3 is 4.74 Å². The van der Waals surface area contributed by atoms with Crippen molar-refractivity contribution in [3.63, 3.8) is 0 Å². The number of ether oxygens (including phenoxy) is 1. The molecule has 0 saturated heterocycles. The number of halogens is 2. The van der Waals surface area contributed by atoms with Crippen LogP contribution in [0.15, 0.2) is 72.8 Å². The third kappa shape index (κ3) is 6.29. The Kier molecular flexibility index (Phi) is 8.68. The molecule has 0 amide bonds. The van der Waals surface area contributed by atoms with Crippen molar-refractivity contribution in [2.24, 2.45) is 0 Å². The number of benzene rings is 4. The molecule has 4 aromatic rings. The minimum atomic E-state index is -0.350. The summed E-state index contributed by atoms with van der Waals surface area (Å²) < 4.78 is 35.9. The van der Waals surface area contributed by atoms with Crippen LogP contribution in [0.25, 0.3) is 21.9 Å². The van der Waals surface area contributed by atoms with E-state index >= 15 is 4.39 Å². The number of fused-ring (bicyclic) bond motifs is 1. The van der Waals surface area contributed by atoms with Crippen LogP contribution in [0.4, 0.5) is 8.78 Å². The maximum atomic E-state index is 15.2. The van der Waals surface area contributed by atoms with Crippen LogP contribution < -0.4 is 4.74 Å². The van der Waals surface area contributed by atoms with E-state index in [1.165, 1.54) is 25.3 Å². The molecule has 0 aliphatic carbocycles. The first-order chi connectivity index (χ1) is 17.6. The molecule has 4 rings (SSSR count). The van der Waals surface area contributed by atoms with Crippen molar-refractivity contribution in [3.05, 3.63) is 101 Å². The van der Waals surface area contributed by atoms with Gasteiger partial charge in [0.05, 0.1) is 18.2 Å². The molecule has 0 unspecified atom stereocenters. The van der Waals surface area contributed by atoms with Gasteiger partial charge in [0.25, 0.3) is 0 Å². The molecular formula is C32H31F2NO. The fourth-order valence-corrected chi connectivity index (χ4v) is 4.44. The highest BCUT2D eigenvalue weighted by Gasteiger charge is 2.12. The molecule has 0 aliphatic heterocycles. The van der Waals surface area contributed by atoms with E-state index in [2.05, 4.69) is 13.0 Å². The first-order valence-electron chi connectivity index (χ1n) is 12.7. The first kappa shape index (κ1) is 25.4. The lowest BCUT2D eigenvalue weighted by Crippen LogP contribution is -1.98. The van der Waals surface area contributed by atoms with Gasteiger partial charge in [0.15, 0.2) is 0 Å². The van der Waals surface area contributed by atoms with Gasteiger partial charge in [-0.1, -0.05) is 69.0 Å². The lowest BCUT2D eigenvalue weighted by molar-refractivity contribution is 0.303. The largest absolute Gasteiger partial charge is 0.493 e. The number of hydrogen-bond acceptors (Lipinski definition) is 2. The molecule has 0 heterocycles. The van der Waals surface area contributed by atoms with Gasteiger partial charge in [-0.3, -0.25) is 0 Å². The van der Waals surface area contributed by atoms with E-state index in [0.717, 1.165) is 23.8 Å². The molecular weight excluding hydrogens is 452 g/mol. The van der Waals surface area contributed by atoms with Crippen molar-refractivity contribution < 1.29 is 13.5 Å². The van der Waals surface area contributed by atoms with E-state index in [4.69, 9.17) is 10.00 Å². The van der Waals surface area contributed by atoms with Crippen LogP contribution in [-0.4, -0.2) is 6.61 Å². The van der Waals surface area contributed by atoms with Crippen LogP contribution >= 0.6 is 0 Å². The Morgan fingerprint density at radius 1 is 0.806 bits per heavy atom. The molecule has 0 N–H and O–H groups in total. The van der Waals surface area contributed by atoms with Gasteiger partial charge in [-0.25, -0.2) is 8.78 Å². The number of aryl methyl sites for hydroxylation is 2. The predicted molar refractivity (Wildman–Crippen MR) is 142 cm³/mol. The summed E-state index contributed by atoms with van der Waals surface area (Å²) in [6.07, 6.45) is 6.98. The topological polar surface area (TPSA) is 33.0 Å². The van der Waals surface area contributed by atoms with Crippen LogP contribution in [0.2, 0.25) is 0 Å². The average molecular weight is 484 g/mol. The van der Waals surface area contributed by atoms with Crippen LogP contribution in [0.1, 0.15) is 55.7 Å². The van der Waals surface area contributed by atoms with E-state index in [9.17, 15) is 4.39 Å². The highest BCUT2D eigenvalue weighted by atomic mass is 19.1. The predicted octanol–water partition coefficient (Wildman–Crippen LogP) is 8.79. The second-order valence-electron chi connectivity index (χ2n) is 9.19. The quantitative estimate of drug-likeness (QED) is 0.200. The highest BCUT2D eigenvalue weighted by molar-refractivity contribution is 5.88. The van der Waals surface area contributed by atoms with Crippen molar-refractivity contribution in [1.82, 2.24) is 0 Å². The van der Waals surface area contributed by atoms with Gasteiger partial charge in [0, 0.05) is 17.0 Å². The number of hydrogen-bond donors (Lipinski definition) is 0. The lowest BCUT2D eigenvalue weighted by Gasteiger charge is -2.11. The van der Waals surface area contributed by atoms with Crippen molar-refractivity contribution in [2.45, 2.75) is 51.9 Å². The normalized spacial score (nSPS) is 10.9. The molecule has 4 heteroatoms. The van der Waals surface area contributed by atoms with Gasteiger partial charge in [-0.15, -0.1) is 0 Å². The van der Waals surface area contributed by atoms with Gasteiger partial charge >= 0.3 is 0 Å². The highest BCUT2D eigenvalue weighted by Crippen LogP contribution is 2.31. The summed E-state index contributed by atoms with van der Waals surface area (Å²) in [5.41, 5.74) is 3.49. The van der Waals surface area contributed by atoms with Crippen LogP contribution in [-0.2, 0) is 12.8 Å². The second-order valence-corrected chi connectivity index (χ2v) is 9.19. The monoisotopic (exact) mass is 483 g/mol. The molecule has 0 radical (unpaired) electrons. The summed E-state index contributed by atoms with van der Waals surface area (Å²) in [5, 5.41) is 10.2. The van der Waals surface area contributed by atoms with Crippen molar-refractivity contribution >= 4 is 10.8 Å². The van der Waals surface area contributed by atoms with Crippen LogP contribution in [0.5, 0.6) is 5.75 Å². The van der Waals surface area contributed by atoms with E-state index < -0.39 is 0 Å². The third-order valence-electron chi connectivity index (χ3n) is 6.57. The second kappa shape index (κ2) is 12.3. The lowest BCUT2D eigenvalue weighted by atomic mass is 9.97. The molecule has 184 valence electrons. The van der Waals surface area contributed by atoms with Crippen molar-refractivity contribution in [1.29, 1.82) is 5.26 Å². The number of rotatable bonds is 11. The van der Waals surface area contributed by atoms with Crippen LogP contribution in [0.3, 0.4) is 0 Å². The van der Waals surface area contributed by atoms with Crippen molar-refractivity contribution in [2.75, 3.05) is 6.61 Å². The van der Waals surface area contributed by atoms with E-state index in [-0.39, 0.29) is 11.6 Å². The molecule has 0 aromatic heterocycles. The maximum Gasteiger partial charge on any atom is 0.134 e. The summed E-state index contributed by atoms with van der Waals surface area (Å²) in [7, 11) is 0. The summed E-state index contributed by atoms with van der Waals surface area (Å²) >= 11 is 0. The van der Waals surface area contributed by atoms with E-state index in [1.54, 1.807) is 42.5 Å². The zero-order valence-electron chi connectivity index (χ0n) is 20.7. The van der Waals surface area contributed by atoms with E-state index in [1.807, 2.05) is 24.3 Å². The SMILES string of the molecule is CCCCCCCOc1ccc(-c2ccc3c(F)c(CCc4ccc(C#N)cc4)ccc3c2)c(F)c1. The molecule has 0 bridgehead atoms. The zero-order chi connectivity index (χ0) is 25.3. The fourth-order valence-electron chi connectivity index (χ4n) is 4.44. The van der Waals surface area contributed by atoms with Crippen LogP contribution in [0, 0.1) is 23.0 Å². The Morgan fingerprint density at radius 3 is 2.36 bits per heavy atom. The summed E-state index contributed by atoms with van der Waals surface area (Å²) in [6.45, 7) is 2.77. The molecule has 0 saturated carbocycles. The fraction of sp³-hybridized carbons (Fsp3) is 0.281. The zero-order valence-corrected chi connectivity index (χ0v) is 20.7. The summed E-state index contributed by atoms with van der Waals surface area (Å²) in [4.78, 5) is 0. The molecule has 0 atom stereocenters. The molecule has 36 heavy (non-hydrogen) atoms. The Morgan fingerprint density at radius 2 is 1.61 bits per heavy atom. The Bertz CT molecular complexity index is 1360. The van der Waals surface area contributed by atoms with Gasteiger partial charge in [-0.2, -0.15) is 5.26 Å². The van der Waals surface area contributed by atoms with E-state index in [0.29, 0.717) is 52.8 Å². The molecule has 0 aliphatic rings. The number of unbranched alkanes of at least 4 members (excludes halogenated alkanes) is 4. The summed E-state index contributed by atoms with van der Waals surface area (Å²) in [5.74, 6) is -0.0568. The Balaban J connectivity index is 1.44. The minimum Gasteiger partial charge on any atom is -0.493 e. The smallest absolute Gasteiger partial charge is 0.134 e. The number of nitriles is 1. The van der Waals surface area contributed by atoms with Gasteiger partial charge in [0.2, 0.25) is 0 Å². The maximum absolute atomic E-state index is 15.2. The molecule has 0 spiro atoms. The molecule has 0 fully saturated rings. The number of nitrogens with zero attached hydrogens (tertiary/aromatic N) is 1. The summed E-state index contributed by atoms with van der Waals surface area (Å²) in [6, 6.07) is 23.4. The first-order valence-corrected chi connectivity index (χ1v) is 12.7. The molecule has 2 nitrogen and oxygen atoms in total. The third-order valence-corrected chi connectivity index (χ3v) is 6.57. The average Bonchev–Trinajstić information content (AvgIpc) is 2.90. The Labute approximate surface area is 212 Å².